The predicted octanol–water partition coefficient (Wildman–Crippen LogP) is 3.71. The minimum absolute atomic E-state index is 0.279. The molecule has 0 fully saturated rings. The first kappa shape index (κ1) is 18.4. The highest BCUT2D eigenvalue weighted by Gasteiger charge is 2.09. The number of carbonyl (C=O) groups excluding carboxylic acids is 2. The van der Waals surface area contributed by atoms with Crippen LogP contribution in [0.25, 0.3) is 0 Å². The second-order valence-electron chi connectivity index (χ2n) is 5.09. The van der Waals surface area contributed by atoms with E-state index in [2.05, 4.69) is 5.32 Å². The molecule has 0 bridgehead atoms. The molecule has 0 spiro atoms. The second-order valence-corrected chi connectivity index (χ2v) is 6.70. The van der Waals surface area contributed by atoms with Gasteiger partial charge in [0.2, 0.25) is 0 Å². The number of benzene rings is 2. The van der Waals surface area contributed by atoms with Crippen molar-refractivity contribution in [2.75, 3.05) is 18.9 Å². The Kier molecular flexibility index (Phi) is 7.15. The Morgan fingerprint density at radius 2 is 1.75 bits per heavy atom. The minimum Gasteiger partial charge on any atom is -0.452 e. The summed E-state index contributed by atoms with van der Waals surface area (Å²) in [5, 5.41) is 3.41. The zero-order chi connectivity index (χ0) is 17.4. The molecule has 1 amide bonds. The van der Waals surface area contributed by atoms with E-state index in [-0.39, 0.29) is 12.5 Å². The highest BCUT2D eigenvalue weighted by Crippen LogP contribution is 2.19. The Hall–Kier alpha value is -1.98. The van der Waals surface area contributed by atoms with Crippen LogP contribution in [0.2, 0.25) is 5.02 Å². The SMILES string of the molecule is Cc1ccc(C(=O)OCC(=O)NCCSc2ccc(Cl)cc2)cc1. The van der Waals surface area contributed by atoms with Crippen LogP contribution in [-0.4, -0.2) is 30.8 Å². The number of rotatable bonds is 7. The Bertz CT molecular complexity index is 686. The maximum atomic E-state index is 11.8. The van der Waals surface area contributed by atoms with Gasteiger partial charge in [0.1, 0.15) is 0 Å². The van der Waals surface area contributed by atoms with Crippen LogP contribution in [0.3, 0.4) is 0 Å². The Morgan fingerprint density at radius 1 is 1.08 bits per heavy atom. The van der Waals surface area contributed by atoms with Crippen LogP contribution >= 0.6 is 23.4 Å². The van der Waals surface area contributed by atoms with Crippen LogP contribution in [0.1, 0.15) is 15.9 Å². The van der Waals surface area contributed by atoms with E-state index in [4.69, 9.17) is 16.3 Å². The van der Waals surface area contributed by atoms with Gasteiger partial charge in [0.25, 0.3) is 5.91 Å². The van der Waals surface area contributed by atoms with Gasteiger partial charge in [-0.25, -0.2) is 4.79 Å². The zero-order valence-electron chi connectivity index (χ0n) is 13.3. The molecule has 2 rings (SSSR count). The van der Waals surface area contributed by atoms with Gasteiger partial charge in [0, 0.05) is 22.2 Å². The molecule has 24 heavy (non-hydrogen) atoms. The average molecular weight is 364 g/mol. The minimum atomic E-state index is -0.499. The highest BCUT2D eigenvalue weighted by atomic mass is 35.5. The predicted molar refractivity (Wildman–Crippen MR) is 96.6 cm³/mol. The topological polar surface area (TPSA) is 55.4 Å². The summed E-state index contributed by atoms with van der Waals surface area (Å²) in [6, 6.07) is 14.5. The van der Waals surface area contributed by atoms with Crippen LogP contribution in [-0.2, 0) is 9.53 Å². The highest BCUT2D eigenvalue weighted by molar-refractivity contribution is 7.99. The van der Waals surface area contributed by atoms with E-state index in [9.17, 15) is 9.59 Å². The molecule has 0 aliphatic rings. The van der Waals surface area contributed by atoms with Gasteiger partial charge in [-0.1, -0.05) is 29.3 Å². The lowest BCUT2D eigenvalue weighted by Crippen LogP contribution is -2.30. The Balaban J connectivity index is 1.63. The van der Waals surface area contributed by atoms with Gasteiger partial charge in [-0.05, 0) is 43.3 Å². The Labute approximate surface area is 150 Å². The maximum absolute atomic E-state index is 11.8. The van der Waals surface area contributed by atoms with Crippen molar-refractivity contribution in [3.63, 3.8) is 0 Å². The number of esters is 1. The number of amides is 1. The van der Waals surface area contributed by atoms with Crippen molar-refractivity contribution in [1.29, 1.82) is 0 Å². The van der Waals surface area contributed by atoms with Crippen LogP contribution < -0.4 is 5.32 Å². The molecule has 4 nitrogen and oxygen atoms in total. The molecule has 0 unspecified atom stereocenters. The van der Waals surface area contributed by atoms with Gasteiger partial charge in [-0.3, -0.25) is 4.79 Å². The quantitative estimate of drug-likeness (QED) is 0.463. The van der Waals surface area contributed by atoms with E-state index in [1.54, 1.807) is 23.9 Å². The lowest BCUT2D eigenvalue weighted by molar-refractivity contribution is -0.124. The van der Waals surface area contributed by atoms with Gasteiger partial charge >= 0.3 is 5.97 Å². The smallest absolute Gasteiger partial charge is 0.338 e. The number of nitrogens with one attached hydrogen (secondary N) is 1. The van der Waals surface area contributed by atoms with Gasteiger partial charge in [0.15, 0.2) is 6.61 Å². The molecule has 6 heteroatoms. The van der Waals surface area contributed by atoms with E-state index in [1.165, 1.54) is 0 Å². The van der Waals surface area contributed by atoms with Crippen LogP contribution in [0, 0.1) is 6.92 Å². The molecule has 126 valence electrons. The summed E-state index contributed by atoms with van der Waals surface area (Å²) in [4.78, 5) is 24.5. The third kappa shape index (κ3) is 6.26. The number of hydrogen-bond acceptors (Lipinski definition) is 4. The van der Waals surface area contributed by atoms with Crippen molar-refractivity contribution in [1.82, 2.24) is 5.32 Å². The molecule has 2 aromatic carbocycles. The van der Waals surface area contributed by atoms with Crippen molar-refractivity contribution < 1.29 is 14.3 Å². The molecule has 2 aromatic rings. The Morgan fingerprint density at radius 3 is 2.42 bits per heavy atom. The summed E-state index contributed by atoms with van der Waals surface area (Å²) in [7, 11) is 0. The molecule has 0 aliphatic heterocycles. The van der Waals surface area contributed by atoms with E-state index in [0.717, 1.165) is 16.2 Å². The average Bonchev–Trinajstić information content (AvgIpc) is 2.59. The number of hydrogen-bond donors (Lipinski definition) is 1. The summed E-state index contributed by atoms with van der Waals surface area (Å²) in [6.45, 7) is 2.15. The number of carbonyl (C=O) groups is 2. The van der Waals surface area contributed by atoms with Crippen molar-refractivity contribution >= 4 is 35.2 Å². The van der Waals surface area contributed by atoms with E-state index < -0.39 is 5.97 Å². The van der Waals surface area contributed by atoms with Crippen molar-refractivity contribution in [2.45, 2.75) is 11.8 Å². The van der Waals surface area contributed by atoms with E-state index in [0.29, 0.717) is 17.1 Å². The van der Waals surface area contributed by atoms with E-state index >= 15 is 0 Å². The standard InChI is InChI=1S/C18H18ClNO3S/c1-13-2-4-14(5-3-13)18(22)23-12-17(21)20-10-11-24-16-8-6-15(19)7-9-16/h2-9H,10-12H2,1H3,(H,20,21). The second kappa shape index (κ2) is 9.35. The number of ether oxygens (including phenoxy) is 1. The van der Waals surface area contributed by atoms with Crippen LogP contribution in [0.4, 0.5) is 0 Å². The normalized spacial score (nSPS) is 10.2. The van der Waals surface area contributed by atoms with Gasteiger partial charge in [0.05, 0.1) is 5.56 Å². The first-order chi connectivity index (χ1) is 11.5. The zero-order valence-corrected chi connectivity index (χ0v) is 14.8. The van der Waals surface area contributed by atoms with Gasteiger partial charge in [-0.2, -0.15) is 0 Å². The van der Waals surface area contributed by atoms with Crippen LogP contribution in [0.15, 0.2) is 53.4 Å². The van der Waals surface area contributed by atoms with Crippen molar-refractivity contribution in [3.05, 3.63) is 64.7 Å². The summed E-state index contributed by atoms with van der Waals surface area (Å²) >= 11 is 7.43. The lowest BCUT2D eigenvalue weighted by atomic mass is 10.1. The molecular formula is C18H18ClNO3S. The first-order valence-corrected chi connectivity index (χ1v) is 8.80. The van der Waals surface area contributed by atoms with Crippen molar-refractivity contribution in [3.8, 4) is 0 Å². The third-order valence-electron chi connectivity index (χ3n) is 3.13. The number of thioether (sulfide) groups is 1. The molecule has 0 heterocycles. The third-order valence-corrected chi connectivity index (χ3v) is 4.39. The summed E-state index contributed by atoms with van der Waals surface area (Å²) < 4.78 is 4.99. The van der Waals surface area contributed by atoms with Gasteiger partial charge in [-0.15, -0.1) is 11.8 Å². The number of halogens is 1. The summed E-state index contributed by atoms with van der Waals surface area (Å²) in [6.07, 6.45) is 0. The molecule has 0 aliphatic carbocycles. The number of aryl methyl sites for hydroxylation is 1. The van der Waals surface area contributed by atoms with Crippen molar-refractivity contribution in [2.24, 2.45) is 0 Å². The van der Waals surface area contributed by atoms with Gasteiger partial charge < -0.3 is 10.1 Å². The molecule has 1 N–H and O–H groups in total. The fraction of sp³-hybridized carbons (Fsp3) is 0.222. The first-order valence-electron chi connectivity index (χ1n) is 7.43. The molecule has 0 atom stereocenters. The molecule has 0 aromatic heterocycles. The molecule has 0 radical (unpaired) electrons. The largest absolute Gasteiger partial charge is 0.452 e. The molecular weight excluding hydrogens is 346 g/mol. The lowest BCUT2D eigenvalue weighted by Gasteiger charge is -2.07. The molecule has 0 saturated carbocycles. The fourth-order valence-corrected chi connectivity index (χ4v) is 2.74. The van der Waals surface area contributed by atoms with Crippen LogP contribution in [0.5, 0.6) is 0 Å². The van der Waals surface area contributed by atoms with E-state index in [1.807, 2.05) is 43.3 Å². The fourth-order valence-electron chi connectivity index (χ4n) is 1.85. The maximum Gasteiger partial charge on any atom is 0.338 e. The summed E-state index contributed by atoms with van der Waals surface area (Å²) in [5.74, 6) is -0.0907. The summed E-state index contributed by atoms with van der Waals surface area (Å²) in [5.41, 5.74) is 1.49. The monoisotopic (exact) mass is 363 g/mol. The molecule has 0 saturated heterocycles.